The van der Waals surface area contributed by atoms with E-state index in [9.17, 15) is 4.79 Å². The highest BCUT2D eigenvalue weighted by Crippen LogP contribution is 2.16. The molecule has 1 amide bonds. The van der Waals surface area contributed by atoms with Crippen molar-refractivity contribution in [1.29, 1.82) is 0 Å². The molecule has 0 aliphatic rings. The maximum absolute atomic E-state index is 12.7. The van der Waals surface area contributed by atoms with Crippen molar-refractivity contribution in [1.82, 2.24) is 4.90 Å². The molecule has 0 bridgehead atoms. The summed E-state index contributed by atoms with van der Waals surface area (Å²) in [6.45, 7) is 1.18. The van der Waals surface area contributed by atoms with Gasteiger partial charge in [0.25, 0.3) is 0 Å². The molecule has 3 rings (SSSR count). The lowest BCUT2D eigenvalue weighted by Crippen LogP contribution is -2.33. The topological polar surface area (TPSA) is 42.7 Å². The number of nitrogens with zero attached hydrogens (tertiary/aromatic N) is 1. The number of furan rings is 1. The summed E-state index contributed by atoms with van der Waals surface area (Å²) in [4.78, 5) is 14.4. The van der Waals surface area contributed by atoms with E-state index in [0.29, 0.717) is 24.7 Å². The third kappa shape index (κ3) is 5.22. The molecule has 0 radical (unpaired) electrons. The molecule has 0 N–H and O–H groups in total. The Morgan fingerprint density at radius 3 is 2.46 bits per heavy atom. The first-order chi connectivity index (χ1) is 12.7. The lowest BCUT2D eigenvalue weighted by molar-refractivity contribution is -0.138. The molecule has 0 spiro atoms. The zero-order valence-electron chi connectivity index (χ0n) is 14.3. The average Bonchev–Trinajstić information content (AvgIpc) is 3.17. The first-order valence-corrected chi connectivity index (χ1v) is 8.75. The molecule has 134 valence electrons. The Balaban J connectivity index is 1.61. The molecule has 0 aliphatic carbocycles. The molecule has 0 saturated heterocycles. The maximum atomic E-state index is 12.7. The first-order valence-electron chi connectivity index (χ1n) is 8.37. The highest BCUT2D eigenvalue weighted by molar-refractivity contribution is 6.31. The van der Waals surface area contributed by atoms with Crippen molar-refractivity contribution in [2.45, 2.75) is 19.7 Å². The van der Waals surface area contributed by atoms with Gasteiger partial charge < -0.3 is 14.1 Å². The van der Waals surface area contributed by atoms with Gasteiger partial charge in [-0.15, -0.1) is 0 Å². The van der Waals surface area contributed by atoms with Crippen LogP contribution in [0.3, 0.4) is 0 Å². The number of ether oxygens (including phenoxy) is 1. The van der Waals surface area contributed by atoms with Crippen molar-refractivity contribution >= 4 is 17.5 Å². The Hall–Kier alpha value is -2.56. The van der Waals surface area contributed by atoms with Crippen molar-refractivity contribution in [3.63, 3.8) is 0 Å². The van der Waals surface area contributed by atoms with Crippen molar-refractivity contribution in [2.75, 3.05) is 6.61 Å². The van der Waals surface area contributed by atoms with E-state index in [1.54, 1.807) is 17.2 Å². The Bertz CT molecular complexity index is 818. The van der Waals surface area contributed by atoms with Crippen molar-refractivity contribution in [3.05, 3.63) is 94.9 Å². The number of carbonyl (C=O) groups is 1. The zero-order valence-corrected chi connectivity index (χ0v) is 15.1. The van der Waals surface area contributed by atoms with Crippen LogP contribution in [-0.4, -0.2) is 17.4 Å². The molecule has 1 aromatic heterocycles. The number of rotatable bonds is 8. The maximum Gasteiger partial charge on any atom is 0.249 e. The van der Waals surface area contributed by atoms with Gasteiger partial charge in [-0.25, -0.2) is 0 Å². The Labute approximate surface area is 158 Å². The predicted octanol–water partition coefficient (Wildman–Crippen LogP) is 4.68. The van der Waals surface area contributed by atoms with Gasteiger partial charge >= 0.3 is 0 Å². The standard InChI is InChI=1S/C21H20ClNO3/c22-20-11-5-4-9-18(20)15-25-16-21(24)23(14-19-10-6-12-26-19)13-17-7-2-1-3-8-17/h1-12H,13-16H2. The molecule has 0 aliphatic heterocycles. The molecule has 5 heteroatoms. The Morgan fingerprint density at radius 1 is 0.962 bits per heavy atom. The summed E-state index contributed by atoms with van der Waals surface area (Å²) in [5.41, 5.74) is 1.92. The van der Waals surface area contributed by atoms with Gasteiger partial charge in [-0.1, -0.05) is 60.1 Å². The summed E-state index contributed by atoms with van der Waals surface area (Å²) in [6.07, 6.45) is 1.61. The minimum absolute atomic E-state index is 0.0151. The van der Waals surface area contributed by atoms with Crippen LogP contribution in [0.4, 0.5) is 0 Å². The van der Waals surface area contributed by atoms with Gasteiger partial charge in [0.05, 0.1) is 19.4 Å². The predicted molar refractivity (Wildman–Crippen MR) is 101 cm³/mol. The number of hydrogen-bond acceptors (Lipinski definition) is 3. The molecule has 0 fully saturated rings. The Kier molecular flexibility index (Phi) is 6.47. The summed E-state index contributed by atoms with van der Waals surface area (Å²) in [7, 11) is 0. The van der Waals surface area contributed by atoms with E-state index in [2.05, 4.69) is 0 Å². The van der Waals surface area contributed by atoms with Gasteiger partial charge in [-0.2, -0.15) is 0 Å². The normalized spacial score (nSPS) is 10.7. The molecular weight excluding hydrogens is 350 g/mol. The number of hydrogen-bond donors (Lipinski definition) is 0. The smallest absolute Gasteiger partial charge is 0.249 e. The number of halogens is 1. The fourth-order valence-corrected chi connectivity index (χ4v) is 2.77. The summed E-state index contributed by atoms with van der Waals surface area (Å²) in [6, 6.07) is 21.0. The van der Waals surface area contributed by atoms with Crippen molar-refractivity contribution in [2.24, 2.45) is 0 Å². The van der Waals surface area contributed by atoms with Crippen molar-refractivity contribution < 1.29 is 13.9 Å². The SMILES string of the molecule is O=C(COCc1ccccc1Cl)N(Cc1ccccc1)Cc1ccco1. The highest BCUT2D eigenvalue weighted by Gasteiger charge is 2.16. The van der Waals surface area contributed by atoms with Crippen LogP contribution in [0.15, 0.2) is 77.4 Å². The van der Waals surface area contributed by atoms with Gasteiger partial charge in [-0.3, -0.25) is 4.79 Å². The fraction of sp³-hybridized carbons (Fsp3) is 0.190. The van der Waals surface area contributed by atoms with Crippen LogP contribution in [0.2, 0.25) is 5.02 Å². The number of carbonyl (C=O) groups excluding carboxylic acids is 1. The largest absolute Gasteiger partial charge is 0.467 e. The van der Waals surface area contributed by atoms with E-state index < -0.39 is 0 Å². The van der Waals surface area contributed by atoms with Crippen LogP contribution in [0, 0.1) is 0 Å². The number of benzene rings is 2. The van der Waals surface area contributed by atoms with E-state index in [4.69, 9.17) is 20.8 Å². The van der Waals surface area contributed by atoms with Crippen LogP contribution in [0.5, 0.6) is 0 Å². The highest BCUT2D eigenvalue weighted by atomic mass is 35.5. The number of amides is 1. The lowest BCUT2D eigenvalue weighted by atomic mass is 10.2. The van der Waals surface area contributed by atoms with Gasteiger partial charge in [0, 0.05) is 11.6 Å². The molecule has 0 unspecified atom stereocenters. The van der Waals surface area contributed by atoms with E-state index in [0.717, 1.165) is 16.9 Å². The zero-order chi connectivity index (χ0) is 18.2. The van der Waals surface area contributed by atoms with E-state index in [1.807, 2.05) is 60.7 Å². The van der Waals surface area contributed by atoms with E-state index in [-0.39, 0.29) is 12.5 Å². The lowest BCUT2D eigenvalue weighted by Gasteiger charge is -2.22. The average molecular weight is 370 g/mol. The van der Waals surface area contributed by atoms with E-state index in [1.165, 1.54) is 0 Å². The van der Waals surface area contributed by atoms with Crippen LogP contribution in [0.25, 0.3) is 0 Å². The van der Waals surface area contributed by atoms with Gasteiger partial charge in [-0.05, 0) is 29.3 Å². The third-order valence-corrected chi connectivity index (χ3v) is 4.31. The molecule has 3 aromatic rings. The minimum atomic E-state index is -0.0997. The summed E-state index contributed by atoms with van der Waals surface area (Å²) >= 11 is 6.12. The van der Waals surface area contributed by atoms with Gasteiger partial charge in [0.2, 0.25) is 5.91 Å². The second kappa shape index (κ2) is 9.22. The molecule has 0 atom stereocenters. The second-order valence-electron chi connectivity index (χ2n) is 5.90. The quantitative estimate of drug-likeness (QED) is 0.579. The summed E-state index contributed by atoms with van der Waals surface area (Å²) in [5.74, 6) is 0.637. The molecule has 2 aromatic carbocycles. The molecule has 4 nitrogen and oxygen atoms in total. The molecule has 26 heavy (non-hydrogen) atoms. The summed E-state index contributed by atoms with van der Waals surface area (Å²) < 4.78 is 11.0. The second-order valence-corrected chi connectivity index (χ2v) is 6.31. The Morgan fingerprint density at radius 2 is 1.73 bits per heavy atom. The fourth-order valence-electron chi connectivity index (χ4n) is 2.58. The van der Waals surface area contributed by atoms with Crippen LogP contribution in [0.1, 0.15) is 16.9 Å². The first kappa shape index (κ1) is 18.2. The third-order valence-electron chi connectivity index (χ3n) is 3.94. The van der Waals surface area contributed by atoms with Crippen LogP contribution >= 0.6 is 11.6 Å². The molecular formula is C21H20ClNO3. The molecule has 0 saturated carbocycles. The van der Waals surface area contributed by atoms with Crippen LogP contribution < -0.4 is 0 Å². The van der Waals surface area contributed by atoms with Crippen molar-refractivity contribution in [3.8, 4) is 0 Å². The van der Waals surface area contributed by atoms with Gasteiger partial charge in [0.1, 0.15) is 12.4 Å². The molecule has 1 heterocycles. The van der Waals surface area contributed by atoms with Gasteiger partial charge in [0.15, 0.2) is 0 Å². The van der Waals surface area contributed by atoms with Crippen LogP contribution in [-0.2, 0) is 29.2 Å². The monoisotopic (exact) mass is 369 g/mol. The van der Waals surface area contributed by atoms with E-state index >= 15 is 0 Å². The minimum Gasteiger partial charge on any atom is -0.467 e. The summed E-state index contributed by atoms with van der Waals surface area (Å²) in [5, 5.41) is 0.636.